The van der Waals surface area contributed by atoms with Gasteiger partial charge in [-0.05, 0) is 50.2 Å². The van der Waals surface area contributed by atoms with Gasteiger partial charge in [0, 0.05) is 17.1 Å². The summed E-state index contributed by atoms with van der Waals surface area (Å²) in [5.74, 6) is 0. The van der Waals surface area contributed by atoms with E-state index >= 15 is 0 Å². The van der Waals surface area contributed by atoms with Crippen LogP contribution in [0.4, 0.5) is 0 Å². The van der Waals surface area contributed by atoms with Crippen molar-refractivity contribution < 1.29 is 0 Å². The van der Waals surface area contributed by atoms with E-state index in [9.17, 15) is 0 Å². The van der Waals surface area contributed by atoms with Crippen LogP contribution in [0.1, 0.15) is 32.8 Å². The molecule has 3 heteroatoms. The van der Waals surface area contributed by atoms with Gasteiger partial charge >= 0.3 is 0 Å². The van der Waals surface area contributed by atoms with Crippen LogP contribution in [-0.4, -0.2) is 31.6 Å². The molecule has 1 aromatic rings. The summed E-state index contributed by atoms with van der Waals surface area (Å²) >= 11 is 3.52. The van der Waals surface area contributed by atoms with E-state index in [1.54, 1.807) is 0 Å². The van der Waals surface area contributed by atoms with Crippen LogP contribution in [0, 0.1) is 5.41 Å². The first-order chi connectivity index (χ1) is 8.82. The van der Waals surface area contributed by atoms with E-state index in [0.717, 1.165) is 17.6 Å². The molecule has 1 atom stereocenters. The fraction of sp³-hybridized carbons (Fsp3) is 0.625. The SMILES string of the molecule is CNC(CCN(C)Cc1cccc(Br)c1)C(C)(C)C. The summed E-state index contributed by atoms with van der Waals surface area (Å²) in [4.78, 5) is 2.39. The van der Waals surface area contributed by atoms with Gasteiger partial charge in [-0.1, -0.05) is 48.8 Å². The first-order valence-electron chi connectivity index (χ1n) is 6.93. The van der Waals surface area contributed by atoms with Crippen LogP contribution in [0.2, 0.25) is 0 Å². The first-order valence-corrected chi connectivity index (χ1v) is 7.72. The summed E-state index contributed by atoms with van der Waals surface area (Å²) in [6.07, 6.45) is 1.17. The van der Waals surface area contributed by atoms with Crippen LogP contribution in [0.15, 0.2) is 28.7 Å². The van der Waals surface area contributed by atoms with Gasteiger partial charge in [0.2, 0.25) is 0 Å². The molecular formula is C16H27BrN2. The van der Waals surface area contributed by atoms with Crippen molar-refractivity contribution in [2.75, 3.05) is 20.6 Å². The zero-order valence-electron chi connectivity index (χ0n) is 12.8. The largest absolute Gasteiger partial charge is 0.316 e. The molecule has 0 saturated heterocycles. The lowest BCUT2D eigenvalue weighted by Gasteiger charge is -2.32. The van der Waals surface area contributed by atoms with Crippen molar-refractivity contribution in [3.8, 4) is 0 Å². The lowest BCUT2D eigenvalue weighted by molar-refractivity contribution is 0.227. The fourth-order valence-corrected chi connectivity index (χ4v) is 2.83. The number of nitrogens with zero attached hydrogens (tertiary/aromatic N) is 1. The zero-order chi connectivity index (χ0) is 14.5. The standard InChI is InChI=1S/C16H27BrN2/c1-16(2,3)15(18-4)9-10-19(5)12-13-7-6-8-14(17)11-13/h6-8,11,15,18H,9-10,12H2,1-5H3. The number of hydrogen-bond acceptors (Lipinski definition) is 2. The Morgan fingerprint density at radius 2 is 2.00 bits per heavy atom. The molecule has 0 aliphatic carbocycles. The van der Waals surface area contributed by atoms with Gasteiger partial charge in [0.15, 0.2) is 0 Å². The Kier molecular flexibility index (Phi) is 6.51. The lowest BCUT2D eigenvalue weighted by Crippen LogP contribution is -2.40. The first kappa shape index (κ1) is 16.7. The predicted octanol–water partition coefficient (Wildman–Crippen LogP) is 3.91. The number of benzene rings is 1. The maximum absolute atomic E-state index is 3.52. The molecule has 1 N–H and O–H groups in total. The Morgan fingerprint density at radius 3 is 2.53 bits per heavy atom. The van der Waals surface area contributed by atoms with E-state index in [0.29, 0.717) is 11.5 Å². The van der Waals surface area contributed by atoms with E-state index in [-0.39, 0.29) is 0 Å². The Labute approximate surface area is 126 Å². The van der Waals surface area contributed by atoms with Gasteiger partial charge in [0.1, 0.15) is 0 Å². The third-order valence-corrected chi connectivity index (χ3v) is 4.03. The molecule has 108 valence electrons. The van der Waals surface area contributed by atoms with Crippen LogP contribution in [0.5, 0.6) is 0 Å². The van der Waals surface area contributed by atoms with Crippen molar-refractivity contribution in [1.82, 2.24) is 10.2 Å². The molecule has 0 spiro atoms. The monoisotopic (exact) mass is 326 g/mol. The minimum absolute atomic E-state index is 0.311. The summed E-state index contributed by atoms with van der Waals surface area (Å²) in [7, 11) is 4.25. The highest BCUT2D eigenvalue weighted by molar-refractivity contribution is 9.10. The average molecular weight is 327 g/mol. The van der Waals surface area contributed by atoms with Gasteiger partial charge in [-0.25, -0.2) is 0 Å². The topological polar surface area (TPSA) is 15.3 Å². The molecule has 0 radical (unpaired) electrons. The Balaban J connectivity index is 2.45. The van der Waals surface area contributed by atoms with Crippen LogP contribution >= 0.6 is 15.9 Å². The minimum Gasteiger partial charge on any atom is -0.316 e. The summed E-state index contributed by atoms with van der Waals surface area (Å²) < 4.78 is 1.15. The van der Waals surface area contributed by atoms with Gasteiger partial charge in [0.05, 0.1) is 0 Å². The van der Waals surface area contributed by atoms with E-state index < -0.39 is 0 Å². The Morgan fingerprint density at radius 1 is 1.32 bits per heavy atom. The highest BCUT2D eigenvalue weighted by Gasteiger charge is 2.22. The minimum atomic E-state index is 0.311. The summed E-state index contributed by atoms with van der Waals surface area (Å²) in [6.45, 7) is 8.99. The van der Waals surface area contributed by atoms with Crippen molar-refractivity contribution in [2.24, 2.45) is 5.41 Å². The number of halogens is 1. The molecular weight excluding hydrogens is 300 g/mol. The van der Waals surface area contributed by atoms with Crippen LogP contribution in [0.25, 0.3) is 0 Å². The molecule has 19 heavy (non-hydrogen) atoms. The molecule has 0 aliphatic heterocycles. The molecule has 2 nitrogen and oxygen atoms in total. The molecule has 0 amide bonds. The predicted molar refractivity (Wildman–Crippen MR) is 87.4 cm³/mol. The van der Waals surface area contributed by atoms with Crippen LogP contribution < -0.4 is 5.32 Å². The quantitative estimate of drug-likeness (QED) is 0.852. The normalized spacial score (nSPS) is 13.8. The van der Waals surface area contributed by atoms with Gasteiger partial charge in [-0.3, -0.25) is 0 Å². The Bertz CT molecular complexity index is 385. The summed E-state index contributed by atoms with van der Waals surface area (Å²) in [5.41, 5.74) is 1.67. The van der Waals surface area contributed by atoms with Crippen molar-refractivity contribution in [3.63, 3.8) is 0 Å². The van der Waals surface area contributed by atoms with Gasteiger partial charge in [-0.15, -0.1) is 0 Å². The second-order valence-electron chi connectivity index (χ2n) is 6.36. The average Bonchev–Trinajstić information content (AvgIpc) is 2.27. The third-order valence-electron chi connectivity index (χ3n) is 3.53. The molecule has 0 fully saturated rings. The van der Waals surface area contributed by atoms with Crippen molar-refractivity contribution in [2.45, 2.75) is 39.8 Å². The molecule has 1 rings (SSSR count). The highest BCUT2D eigenvalue weighted by Crippen LogP contribution is 2.22. The maximum atomic E-state index is 3.52. The number of rotatable bonds is 6. The molecule has 0 aromatic heterocycles. The lowest BCUT2D eigenvalue weighted by atomic mass is 9.85. The molecule has 0 aliphatic rings. The molecule has 1 unspecified atom stereocenters. The second kappa shape index (κ2) is 7.41. The smallest absolute Gasteiger partial charge is 0.0231 e. The van der Waals surface area contributed by atoms with Crippen LogP contribution in [0.3, 0.4) is 0 Å². The van der Waals surface area contributed by atoms with E-state index in [2.05, 4.69) is 85.3 Å². The highest BCUT2D eigenvalue weighted by atomic mass is 79.9. The summed E-state index contributed by atoms with van der Waals surface area (Å²) in [6, 6.07) is 9.09. The maximum Gasteiger partial charge on any atom is 0.0231 e. The molecule has 0 saturated carbocycles. The van der Waals surface area contributed by atoms with Gasteiger partial charge in [0.25, 0.3) is 0 Å². The molecule has 0 bridgehead atoms. The van der Waals surface area contributed by atoms with E-state index in [1.807, 2.05) is 0 Å². The third kappa shape index (κ3) is 6.07. The van der Waals surface area contributed by atoms with Crippen molar-refractivity contribution >= 4 is 15.9 Å². The number of nitrogens with one attached hydrogen (secondary N) is 1. The molecule has 1 aromatic carbocycles. The fourth-order valence-electron chi connectivity index (χ4n) is 2.39. The van der Waals surface area contributed by atoms with Crippen LogP contribution in [-0.2, 0) is 6.54 Å². The summed E-state index contributed by atoms with van der Waals surface area (Å²) in [5, 5.41) is 3.44. The second-order valence-corrected chi connectivity index (χ2v) is 7.28. The molecule has 0 heterocycles. The van der Waals surface area contributed by atoms with Gasteiger partial charge < -0.3 is 10.2 Å². The van der Waals surface area contributed by atoms with E-state index in [1.165, 1.54) is 12.0 Å². The zero-order valence-corrected chi connectivity index (χ0v) is 14.4. The van der Waals surface area contributed by atoms with E-state index in [4.69, 9.17) is 0 Å². The Hall–Kier alpha value is -0.380. The van der Waals surface area contributed by atoms with Gasteiger partial charge in [-0.2, -0.15) is 0 Å². The van der Waals surface area contributed by atoms with Crippen molar-refractivity contribution in [1.29, 1.82) is 0 Å². The van der Waals surface area contributed by atoms with Crippen molar-refractivity contribution in [3.05, 3.63) is 34.3 Å². The number of hydrogen-bond donors (Lipinski definition) is 1.